The van der Waals surface area contributed by atoms with E-state index in [1.165, 1.54) is 0 Å². The highest BCUT2D eigenvalue weighted by molar-refractivity contribution is 6.23. The van der Waals surface area contributed by atoms with Crippen molar-refractivity contribution in [2.75, 3.05) is 49.1 Å². The van der Waals surface area contributed by atoms with Crippen molar-refractivity contribution in [3.05, 3.63) is 95.1 Å². The largest absolute Gasteiger partial charge is 0.490 e. The van der Waals surface area contributed by atoms with Gasteiger partial charge >= 0.3 is 0 Å². The number of benzene rings is 2. The molecule has 0 spiro atoms. The zero-order chi connectivity index (χ0) is 42.2. The first kappa shape index (κ1) is 40.0. The van der Waals surface area contributed by atoms with Crippen molar-refractivity contribution in [1.82, 2.24) is 30.4 Å². The van der Waals surface area contributed by atoms with Crippen molar-refractivity contribution < 1.29 is 28.7 Å². The van der Waals surface area contributed by atoms with Crippen LogP contribution in [0.3, 0.4) is 0 Å². The van der Waals surface area contributed by atoms with Crippen LogP contribution in [0.2, 0.25) is 0 Å². The van der Waals surface area contributed by atoms with Crippen LogP contribution in [-0.4, -0.2) is 113 Å². The van der Waals surface area contributed by atoms with Gasteiger partial charge in [0.15, 0.2) is 0 Å². The molecule has 3 saturated heterocycles. The number of carbonyl (C=O) groups excluding carboxylic acids is 5. The third-order valence-corrected chi connectivity index (χ3v) is 13.1. The van der Waals surface area contributed by atoms with Crippen LogP contribution in [0.25, 0.3) is 15.7 Å². The maximum atomic E-state index is 13.4. The molecule has 0 bridgehead atoms. The average Bonchev–Trinajstić information content (AvgIpc) is 3.53. The Bertz CT molecular complexity index is 2420. The Morgan fingerprint density at radius 1 is 0.885 bits per heavy atom. The third kappa shape index (κ3) is 8.12. The van der Waals surface area contributed by atoms with E-state index in [1.54, 1.807) is 30.6 Å². The summed E-state index contributed by atoms with van der Waals surface area (Å²) < 4.78 is 6.38. The number of piperazine rings is 1. The molecule has 1 saturated carbocycles. The minimum atomic E-state index is -0.979. The topological polar surface area (TPSA) is 162 Å². The second kappa shape index (κ2) is 16.9. The van der Waals surface area contributed by atoms with Crippen molar-refractivity contribution in [1.29, 1.82) is 0 Å². The lowest BCUT2D eigenvalue weighted by atomic mass is 9.92. The lowest BCUT2D eigenvalue weighted by Gasteiger charge is -2.43. The number of amides is 5. The van der Waals surface area contributed by atoms with Gasteiger partial charge in [-0.25, -0.2) is 9.83 Å². The molecule has 4 fully saturated rings. The molecule has 5 amide bonds. The number of hydrogen-bond donors (Lipinski definition) is 2. The van der Waals surface area contributed by atoms with Gasteiger partial charge in [0, 0.05) is 81.2 Å². The Hall–Kier alpha value is -6.40. The number of hydrogen-bond acceptors (Lipinski definition) is 11. The zero-order valence-electron chi connectivity index (χ0n) is 34.2. The van der Waals surface area contributed by atoms with E-state index in [0.717, 1.165) is 105 Å². The highest BCUT2D eigenvalue weighted by Crippen LogP contribution is 2.35. The normalized spacial score (nSPS) is 23.8. The molecule has 61 heavy (non-hydrogen) atoms. The van der Waals surface area contributed by atoms with Crippen molar-refractivity contribution in [3.63, 3.8) is 0 Å². The molecular weight excluding hydrogens is 775 g/mol. The summed E-state index contributed by atoms with van der Waals surface area (Å²) >= 11 is 0. The summed E-state index contributed by atoms with van der Waals surface area (Å²) in [5, 5.41) is 6.29. The van der Waals surface area contributed by atoms with E-state index in [1.807, 2.05) is 36.4 Å². The van der Waals surface area contributed by atoms with Crippen LogP contribution in [0.15, 0.2) is 67.0 Å². The highest BCUT2D eigenvalue weighted by atomic mass is 16.5. The van der Waals surface area contributed by atoms with Crippen LogP contribution in [-0.2, 0) is 9.59 Å². The number of piperidine rings is 2. The SMILES string of the molecule is [C-]#[N+]c1ccc(OC2CCC(NC(=O)c3ccc(N4CCC(CN5CCN(c6ccc7c(c6)C(=O)N(C6CCC(=O)NC6=O)C7=O)C[C@@H]5C)CC4)nc3)CC2)c2cccnc12. The minimum Gasteiger partial charge on any atom is -0.490 e. The Morgan fingerprint density at radius 2 is 1.69 bits per heavy atom. The van der Waals surface area contributed by atoms with Gasteiger partial charge in [0.25, 0.3) is 17.7 Å². The van der Waals surface area contributed by atoms with Gasteiger partial charge in [-0.05, 0) is 106 Å². The number of carbonyl (C=O) groups is 5. The molecule has 2 N–H and O–H groups in total. The van der Waals surface area contributed by atoms with Gasteiger partial charge in [0.1, 0.15) is 17.6 Å². The van der Waals surface area contributed by atoms with Gasteiger partial charge in [-0.3, -0.25) is 44.1 Å². The quantitative estimate of drug-likeness (QED) is 0.170. The first-order valence-corrected chi connectivity index (χ1v) is 21.4. The fourth-order valence-electron chi connectivity index (χ4n) is 9.64. The maximum Gasteiger partial charge on any atom is 0.262 e. The van der Waals surface area contributed by atoms with Gasteiger partial charge in [-0.2, -0.15) is 0 Å². The first-order chi connectivity index (χ1) is 29.6. The summed E-state index contributed by atoms with van der Waals surface area (Å²) in [6.07, 6.45) is 8.99. The molecule has 4 aliphatic heterocycles. The molecule has 9 rings (SSSR count). The fraction of sp³-hybridized carbons (Fsp3) is 0.435. The number of nitrogens with zero attached hydrogens (tertiary/aromatic N) is 7. The smallest absolute Gasteiger partial charge is 0.262 e. The Morgan fingerprint density at radius 3 is 2.43 bits per heavy atom. The zero-order valence-corrected chi connectivity index (χ0v) is 34.2. The van der Waals surface area contributed by atoms with Crippen molar-refractivity contribution in [2.45, 2.75) is 82.5 Å². The molecule has 15 nitrogen and oxygen atoms in total. The second-order valence-electron chi connectivity index (χ2n) is 17.0. The molecule has 6 heterocycles. The number of nitrogens with one attached hydrogen (secondary N) is 2. The number of rotatable bonds is 9. The molecule has 1 aliphatic carbocycles. The van der Waals surface area contributed by atoms with Gasteiger partial charge < -0.3 is 19.9 Å². The number of anilines is 2. The van der Waals surface area contributed by atoms with Gasteiger partial charge in [0.05, 0.1) is 34.9 Å². The van der Waals surface area contributed by atoms with E-state index in [9.17, 15) is 24.0 Å². The van der Waals surface area contributed by atoms with Crippen molar-refractivity contribution >= 4 is 57.6 Å². The lowest BCUT2D eigenvalue weighted by Crippen LogP contribution is -2.54. The monoisotopic (exact) mass is 823 g/mol. The van der Waals surface area contributed by atoms with E-state index in [2.05, 4.69) is 42.1 Å². The minimum absolute atomic E-state index is 0.0308. The van der Waals surface area contributed by atoms with Crippen LogP contribution < -0.4 is 25.2 Å². The van der Waals surface area contributed by atoms with Crippen LogP contribution in [0.1, 0.15) is 89.4 Å². The predicted octanol–water partition coefficient (Wildman–Crippen LogP) is 5.13. The summed E-state index contributed by atoms with van der Waals surface area (Å²) in [6.45, 7) is 14.9. The third-order valence-electron chi connectivity index (χ3n) is 13.1. The Balaban J connectivity index is 0.713. The molecule has 2 aromatic heterocycles. The van der Waals surface area contributed by atoms with E-state index < -0.39 is 29.7 Å². The van der Waals surface area contributed by atoms with Crippen LogP contribution in [0.5, 0.6) is 5.75 Å². The van der Waals surface area contributed by atoms with E-state index in [0.29, 0.717) is 33.8 Å². The van der Waals surface area contributed by atoms with Crippen LogP contribution in [0, 0.1) is 12.5 Å². The molecule has 2 aromatic carbocycles. The molecule has 4 aromatic rings. The summed E-state index contributed by atoms with van der Waals surface area (Å²) in [5.41, 5.74) is 3.19. The van der Waals surface area contributed by atoms with Crippen LogP contribution >= 0.6 is 0 Å². The molecule has 5 aliphatic rings. The molecular formula is C46H49N9O6. The Labute approximate surface area is 354 Å². The fourth-order valence-corrected chi connectivity index (χ4v) is 9.64. The highest BCUT2D eigenvalue weighted by Gasteiger charge is 2.45. The molecule has 1 unspecified atom stereocenters. The lowest BCUT2D eigenvalue weighted by molar-refractivity contribution is -0.136. The van der Waals surface area contributed by atoms with Crippen LogP contribution in [0.4, 0.5) is 17.2 Å². The molecule has 314 valence electrons. The van der Waals surface area contributed by atoms with Gasteiger partial charge in [-0.1, -0.05) is 6.07 Å². The van der Waals surface area contributed by atoms with Crippen molar-refractivity contribution in [2.24, 2.45) is 5.92 Å². The number of fused-ring (bicyclic) bond motifs is 2. The standard InChI is InChI=1S/C46H49N9O6/c1-28-26-54(32-8-11-34-36(24-32)46(60)55(45(34)59)38-13-16-41(56)51-44(38)58)23-22-53(28)27-29-17-20-52(21-18-29)40-15-5-30(25-49-40)43(57)50-31-6-9-33(10-7-31)61-39-14-12-37(47-2)42-35(39)4-3-19-48-42/h3-5,8,11-12,14-15,19,24-25,28-29,31,33,38H,6-7,9-10,13,16-18,20-23,26-27H2,1H3,(H,50,57)(H,51,56,58)/t28-,31?,33?,38?/m0/s1. The summed E-state index contributed by atoms with van der Waals surface area (Å²) in [6, 6.07) is 15.9. The number of pyridine rings is 2. The number of ether oxygens (including phenoxy) is 1. The summed E-state index contributed by atoms with van der Waals surface area (Å²) in [7, 11) is 0. The van der Waals surface area contributed by atoms with E-state index in [4.69, 9.17) is 16.3 Å². The molecule has 0 radical (unpaired) electrons. The number of aromatic nitrogens is 2. The maximum absolute atomic E-state index is 13.4. The van der Waals surface area contributed by atoms with Gasteiger partial charge in [-0.15, -0.1) is 0 Å². The summed E-state index contributed by atoms with van der Waals surface area (Å²) in [5.74, 6) is 0.0831. The molecule has 2 atom stereocenters. The Kier molecular flexibility index (Phi) is 11.1. The second-order valence-corrected chi connectivity index (χ2v) is 17.0. The van der Waals surface area contributed by atoms with Crippen molar-refractivity contribution in [3.8, 4) is 5.75 Å². The first-order valence-electron chi connectivity index (χ1n) is 21.4. The van der Waals surface area contributed by atoms with E-state index >= 15 is 0 Å². The number of imide groups is 2. The van der Waals surface area contributed by atoms with E-state index in [-0.39, 0.29) is 36.9 Å². The summed E-state index contributed by atoms with van der Waals surface area (Å²) in [4.78, 5) is 84.7. The van der Waals surface area contributed by atoms with Gasteiger partial charge in [0.2, 0.25) is 17.5 Å². The molecule has 15 heteroatoms. The predicted molar refractivity (Wildman–Crippen MR) is 228 cm³/mol. The average molecular weight is 824 g/mol.